The highest BCUT2D eigenvalue weighted by Gasteiger charge is 2.42. The summed E-state index contributed by atoms with van der Waals surface area (Å²) in [6.45, 7) is 0.00937. The number of rotatable bonds is 5. The lowest BCUT2D eigenvalue weighted by Gasteiger charge is -2.18. The number of nitrogens with one attached hydrogen (secondary N) is 2. The van der Waals surface area contributed by atoms with E-state index in [4.69, 9.17) is 5.73 Å². The quantitative estimate of drug-likeness (QED) is 0.569. The molecular weight excluding hydrogens is 254 g/mol. The highest BCUT2D eigenvalue weighted by Crippen LogP contribution is 2.40. The van der Waals surface area contributed by atoms with E-state index in [1.165, 1.54) is 19.2 Å². The average Bonchev–Trinajstić information content (AvgIpc) is 3.12. The molecule has 100 valence electrons. The van der Waals surface area contributed by atoms with E-state index in [2.05, 4.69) is 10.0 Å². The van der Waals surface area contributed by atoms with Crippen LogP contribution in [-0.4, -0.2) is 32.7 Å². The fourth-order valence-electron chi connectivity index (χ4n) is 1.69. The molecule has 1 aromatic carbocycles. The minimum absolute atomic E-state index is 0.00937. The van der Waals surface area contributed by atoms with Crippen LogP contribution >= 0.6 is 0 Å². The van der Waals surface area contributed by atoms with Gasteiger partial charge in [0, 0.05) is 0 Å². The maximum absolute atomic E-state index is 11.7. The van der Waals surface area contributed by atoms with Crippen LogP contribution in [0.1, 0.15) is 12.8 Å². The molecule has 0 aromatic heterocycles. The van der Waals surface area contributed by atoms with Crippen LogP contribution in [0.25, 0.3) is 0 Å². The molecule has 0 spiro atoms. The third kappa shape index (κ3) is 2.43. The average molecular weight is 271 g/mol. The van der Waals surface area contributed by atoms with E-state index in [0.29, 0.717) is 11.4 Å². The van der Waals surface area contributed by atoms with Gasteiger partial charge in [-0.1, -0.05) is 0 Å². The molecule has 0 amide bonds. The van der Waals surface area contributed by atoms with E-state index >= 15 is 0 Å². The topological polar surface area (TPSA) is 104 Å². The molecule has 1 aliphatic carbocycles. The van der Waals surface area contributed by atoms with Gasteiger partial charge in [0.15, 0.2) is 0 Å². The van der Waals surface area contributed by atoms with E-state index in [-0.39, 0.29) is 17.0 Å². The van der Waals surface area contributed by atoms with Crippen LogP contribution in [0.3, 0.4) is 0 Å². The highest BCUT2D eigenvalue weighted by molar-refractivity contribution is 7.89. The maximum atomic E-state index is 11.7. The number of anilines is 2. The normalized spacial score (nSPS) is 17.4. The molecule has 1 aromatic rings. The summed E-state index contributed by atoms with van der Waals surface area (Å²) < 4.78 is 25.6. The molecule has 5 N–H and O–H groups in total. The number of aliphatic hydroxyl groups is 1. The zero-order valence-corrected chi connectivity index (χ0v) is 10.9. The molecule has 7 heteroatoms. The number of sulfonamides is 1. The molecule has 1 aliphatic rings. The lowest BCUT2D eigenvalue weighted by atomic mass is 10.2. The van der Waals surface area contributed by atoms with Gasteiger partial charge in [0.2, 0.25) is 10.0 Å². The Hall–Kier alpha value is -1.31. The molecule has 0 radical (unpaired) electrons. The van der Waals surface area contributed by atoms with Gasteiger partial charge in [-0.15, -0.1) is 0 Å². The minimum atomic E-state index is -3.49. The Balaban J connectivity index is 2.33. The first kappa shape index (κ1) is 13.1. The predicted molar refractivity (Wildman–Crippen MR) is 69.8 cm³/mol. The van der Waals surface area contributed by atoms with Crippen molar-refractivity contribution in [2.75, 3.05) is 24.7 Å². The van der Waals surface area contributed by atoms with Crippen LogP contribution in [0.5, 0.6) is 0 Å². The predicted octanol–water partition coefficient (Wildman–Crippen LogP) is 0.114. The van der Waals surface area contributed by atoms with Crippen LogP contribution in [0, 0.1) is 0 Å². The summed E-state index contributed by atoms with van der Waals surface area (Å²) >= 11 is 0. The maximum Gasteiger partial charge on any atom is 0.240 e. The number of hydrogen-bond donors (Lipinski definition) is 4. The van der Waals surface area contributed by atoms with E-state index in [9.17, 15) is 13.5 Å². The molecule has 0 atom stereocenters. The summed E-state index contributed by atoms with van der Waals surface area (Å²) in [6.07, 6.45) is 1.71. The van der Waals surface area contributed by atoms with Gasteiger partial charge in [0.05, 0.1) is 28.4 Å². The van der Waals surface area contributed by atoms with Crippen molar-refractivity contribution in [1.82, 2.24) is 4.72 Å². The van der Waals surface area contributed by atoms with Crippen LogP contribution < -0.4 is 15.8 Å². The van der Waals surface area contributed by atoms with Crippen LogP contribution in [-0.2, 0) is 10.0 Å². The molecule has 2 rings (SSSR count). The Morgan fingerprint density at radius 3 is 2.61 bits per heavy atom. The Morgan fingerprint density at radius 2 is 2.11 bits per heavy atom. The molecule has 1 saturated carbocycles. The molecule has 18 heavy (non-hydrogen) atoms. The fourth-order valence-corrected chi connectivity index (χ4v) is 2.44. The lowest BCUT2D eigenvalue weighted by Crippen LogP contribution is -2.26. The Kier molecular flexibility index (Phi) is 3.22. The van der Waals surface area contributed by atoms with Gasteiger partial charge < -0.3 is 16.2 Å². The largest absolute Gasteiger partial charge is 0.397 e. The number of nitrogens with two attached hydrogens (primary N) is 1. The van der Waals surface area contributed by atoms with Crippen molar-refractivity contribution in [3.63, 3.8) is 0 Å². The summed E-state index contributed by atoms with van der Waals surface area (Å²) in [7, 11) is -2.13. The molecule has 6 nitrogen and oxygen atoms in total. The van der Waals surface area contributed by atoms with Crippen molar-refractivity contribution in [2.24, 2.45) is 0 Å². The number of hydrogen-bond acceptors (Lipinski definition) is 5. The summed E-state index contributed by atoms with van der Waals surface area (Å²) in [4.78, 5) is 0.149. The van der Waals surface area contributed by atoms with Crippen LogP contribution in [0.15, 0.2) is 23.1 Å². The van der Waals surface area contributed by atoms with E-state index in [1.807, 2.05) is 0 Å². The zero-order valence-electron chi connectivity index (χ0n) is 10.1. The Bertz CT molecular complexity index is 553. The van der Waals surface area contributed by atoms with Gasteiger partial charge in [0.1, 0.15) is 0 Å². The van der Waals surface area contributed by atoms with Crippen molar-refractivity contribution >= 4 is 21.4 Å². The standard InChI is InChI=1S/C11H17N3O3S/c1-13-18(16,17)8-2-3-9(12)10(6-8)14-11(7-15)4-5-11/h2-3,6,13-15H,4-5,7,12H2,1H3. The van der Waals surface area contributed by atoms with Crippen LogP contribution in [0.4, 0.5) is 11.4 Å². The van der Waals surface area contributed by atoms with Gasteiger partial charge in [-0.05, 0) is 38.1 Å². The SMILES string of the molecule is CNS(=O)(=O)c1ccc(N)c(NC2(CO)CC2)c1. The van der Waals surface area contributed by atoms with Gasteiger partial charge in [0.25, 0.3) is 0 Å². The van der Waals surface area contributed by atoms with Gasteiger partial charge in [-0.3, -0.25) is 0 Å². The third-order valence-corrected chi connectivity index (χ3v) is 4.57. The fraction of sp³-hybridized carbons (Fsp3) is 0.455. The van der Waals surface area contributed by atoms with Gasteiger partial charge in [-0.2, -0.15) is 0 Å². The molecule has 0 heterocycles. The van der Waals surface area contributed by atoms with Crippen molar-refractivity contribution in [2.45, 2.75) is 23.3 Å². The summed E-state index contributed by atoms with van der Waals surface area (Å²) in [6, 6.07) is 4.47. The Morgan fingerprint density at radius 1 is 1.44 bits per heavy atom. The number of benzene rings is 1. The second kappa shape index (κ2) is 4.42. The van der Waals surface area contributed by atoms with Crippen LogP contribution in [0.2, 0.25) is 0 Å². The van der Waals surface area contributed by atoms with Crippen molar-refractivity contribution < 1.29 is 13.5 Å². The third-order valence-electron chi connectivity index (χ3n) is 3.16. The first-order valence-electron chi connectivity index (χ1n) is 5.65. The minimum Gasteiger partial charge on any atom is -0.397 e. The van der Waals surface area contributed by atoms with E-state index in [1.54, 1.807) is 6.07 Å². The summed E-state index contributed by atoms with van der Waals surface area (Å²) in [5, 5.41) is 12.4. The van der Waals surface area contributed by atoms with Gasteiger partial charge >= 0.3 is 0 Å². The number of nitrogen functional groups attached to an aromatic ring is 1. The highest BCUT2D eigenvalue weighted by atomic mass is 32.2. The molecule has 0 bridgehead atoms. The number of aliphatic hydroxyl groups excluding tert-OH is 1. The Labute approximate surface area is 106 Å². The van der Waals surface area contributed by atoms with Crippen molar-refractivity contribution in [1.29, 1.82) is 0 Å². The first-order valence-corrected chi connectivity index (χ1v) is 7.13. The molecule has 1 fully saturated rings. The molecular formula is C11H17N3O3S. The van der Waals surface area contributed by atoms with E-state index in [0.717, 1.165) is 12.8 Å². The molecule has 0 unspecified atom stereocenters. The second-order valence-electron chi connectivity index (χ2n) is 4.52. The smallest absolute Gasteiger partial charge is 0.240 e. The molecule has 0 saturated heterocycles. The summed E-state index contributed by atoms with van der Waals surface area (Å²) in [5.74, 6) is 0. The molecule has 0 aliphatic heterocycles. The van der Waals surface area contributed by atoms with Crippen molar-refractivity contribution in [3.8, 4) is 0 Å². The van der Waals surface area contributed by atoms with E-state index < -0.39 is 10.0 Å². The van der Waals surface area contributed by atoms with Gasteiger partial charge in [-0.25, -0.2) is 13.1 Å². The monoisotopic (exact) mass is 271 g/mol. The van der Waals surface area contributed by atoms with Crippen molar-refractivity contribution in [3.05, 3.63) is 18.2 Å². The summed E-state index contributed by atoms with van der Waals surface area (Å²) in [5.41, 5.74) is 6.47. The zero-order chi connectivity index (χ0) is 13.4. The lowest BCUT2D eigenvalue weighted by molar-refractivity contribution is 0.266. The first-order chi connectivity index (χ1) is 8.42. The second-order valence-corrected chi connectivity index (χ2v) is 6.41.